The van der Waals surface area contributed by atoms with Crippen LogP contribution in [0.2, 0.25) is 0 Å². The fourth-order valence-corrected chi connectivity index (χ4v) is 2.82. The Bertz CT molecular complexity index is 318. The van der Waals surface area contributed by atoms with E-state index in [1.807, 2.05) is 0 Å². The van der Waals surface area contributed by atoms with Crippen LogP contribution in [0.4, 0.5) is 5.13 Å². The van der Waals surface area contributed by atoms with Crippen LogP contribution in [-0.4, -0.2) is 29.0 Å². The summed E-state index contributed by atoms with van der Waals surface area (Å²) in [6.45, 7) is 5.16. The van der Waals surface area contributed by atoms with Crippen LogP contribution in [0, 0.1) is 5.92 Å². The Morgan fingerprint density at radius 2 is 2.19 bits per heavy atom. The fraction of sp³-hybridized carbons (Fsp3) is 0.818. The fourth-order valence-electron chi connectivity index (χ4n) is 2.06. The largest absolute Gasteiger partial charge is 0.347 e. The molecule has 1 aromatic heterocycles. The van der Waals surface area contributed by atoms with Gasteiger partial charge in [-0.25, -0.2) is 4.98 Å². The Kier molecular flexibility index (Phi) is 4.12. The van der Waals surface area contributed by atoms with Crippen molar-refractivity contribution in [3.8, 4) is 0 Å². The number of piperidine rings is 1. The van der Waals surface area contributed by atoms with E-state index in [1.165, 1.54) is 24.4 Å². The zero-order valence-corrected chi connectivity index (χ0v) is 10.7. The molecule has 1 aliphatic rings. The van der Waals surface area contributed by atoms with Gasteiger partial charge in [0.25, 0.3) is 0 Å². The van der Waals surface area contributed by atoms with Crippen molar-refractivity contribution in [1.29, 1.82) is 0 Å². The minimum atomic E-state index is 0.708. The predicted molar refractivity (Wildman–Crippen MR) is 67.9 cm³/mol. The van der Waals surface area contributed by atoms with Crippen molar-refractivity contribution in [2.75, 3.05) is 24.5 Å². The summed E-state index contributed by atoms with van der Waals surface area (Å²) in [6, 6.07) is 0. The van der Waals surface area contributed by atoms with Gasteiger partial charge >= 0.3 is 0 Å². The number of rotatable bonds is 4. The minimum absolute atomic E-state index is 0.708. The number of aromatic nitrogens is 2. The first-order valence-electron chi connectivity index (χ1n) is 6.11. The maximum absolute atomic E-state index is 5.69. The first-order valence-corrected chi connectivity index (χ1v) is 6.88. The second-order valence-electron chi connectivity index (χ2n) is 4.41. The molecule has 0 radical (unpaired) electrons. The lowest BCUT2D eigenvalue weighted by molar-refractivity contribution is 0.414. The quantitative estimate of drug-likeness (QED) is 0.869. The van der Waals surface area contributed by atoms with Crippen LogP contribution in [0.25, 0.3) is 0 Å². The lowest BCUT2D eigenvalue weighted by Gasteiger charge is -2.30. The molecule has 1 saturated heterocycles. The van der Waals surface area contributed by atoms with Crippen LogP contribution in [0.5, 0.6) is 0 Å². The average molecular weight is 240 g/mol. The standard InChI is InChI=1S/C11H20N4S/c1-2-3-10-13-11(16-14-10)15-6-4-9(8-12)5-7-15/h9H,2-8,12H2,1H3. The molecule has 5 heteroatoms. The van der Waals surface area contributed by atoms with Gasteiger partial charge in [0.05, 0.1) is 0 Å². The summed E-state index contributed by atoms with van der Waals surface area (Å²) < 4.78 is 4.38. The van der Waals surface area contributed by atoms with Gasteiger partial charge < -0.3 is 10.6 Å². The molecule has 1 aromatic rings. The zero-order valence-electron chi connectivity index (χ0n) is 9.85. The van der Waals surface area contributed by atoms with Crippen molar-refractivity contribution in [2.45, 2.75) is 32.6 Å². The lowest BCUT2D eigenvalue weighted by atomic mass is 9.98. The van der Waals surface area contributed by atoms with Crippen molar-refractivity contribution in [3.63, 3.8) is 0 Å². The van der Waals surface area contributed by atoms with Gasteiger partial charge in [0.2, 0.25) is 5.13 Å². The monoisotopic (exact) mass is 240 g/mol. The number of anilines is 1. The number of hydrogen-bond donors (Lipinski definition) is 1. The van der Waals surface area contributed by atoms with Gasteiger partial charge in [0.15, 0.2) is 0 Å². The third kappa shape index (κ3) is 2.71. The molecule has 4 nitrogen and oxygen atoms in total. The van der Waals surface area contributed by atoms with Gasteiger partial charge in [-0.1, -0.05) is 6.92 Å². The summed E-state index contributed by atoms with van der Waals surface area (Å²) in [6.07, 6.45) is 4.50. The molecular formula is C11H20N4S. The third-order valence-electron chi connectivity index (χ3n) is 3.15. The Labute approximate surface area is 101 Å². The highest BCUT2D eigenvalue weighted by Crippen LogP contribution is 2.24. The minimum Gasteiger partial charge on any atom is -0.347 e. The molecule has 0 aliphatic carbocycles. The molecule has 16 heavy (non-hydrogen) atoms. The number of aryl methyl sites for hydroxylation is 1. The molecule has 90 valence electrons. The first-order chi connectivity index (χ1) is 7.83. The summed E-state index contributed by atoms with van der Waals surface area (Å²) >= 11 is 1.54. The van der Waals surface area contributed by atoms with Crippen molar-refractivity contribution in [3.05, 3.63) is 5.82 Å². The molecule has 2 rings (SSSR count). The Morgan fingerprint density at radius 3 is 2.81 bits per heavy atom. The van der Waals surface area contributed by atoms with E-state index in [0.717, 1.165) is 43.4 Å². The van der Waals surface area contributed by atoms with E-state index in [4.69, 9.17) is 5.73 Å². The zero-order chi connectivity index (χ0) is 11.4. The lowest BCUT2D eigenvalue weighted by Crippen LogP contribution is -2.36. The van der Waals surface area contributed by atoms with Gasteiger partial charge in [-0.3, -0.25) is 0 Å². The molecule has 2 heterocycles. The Balaban J connectivity index is 1.92. The Morgan fingerprint density at radius 1 is 1.44 bits per heavy atom. The van der Waals surface area contributed by atoms with Crippen molar-refractivity contribution < 1.29 is 0 Å². The highest BCUT2D eigenvalue weighted by atomic mass is 32.1. The predicted octanol–water partition coefficient (Wildman–Crippen LogP) is 1.67. The summed E-state index contributed by atoms with van der Waals surface area (Å²) in [7, 11) is 0. The van der Waals surface area contributed by atoms with Gasteiger partial charge in [-0.2, -0.15) is 4.37 Å². The van der Waals surface area contributed by atoms with Gasteiger partial charge in [0.1, 0.15) is 5.82 Å². The summed E-state index contributed by atoms with van der Waals surface area (Å²) in [5.41, 5.74) is 5.69. The number of hydrogen-bond acceptors (Lipinski definition) is 5. The summed E-state index contributed by atoms with van der Waals surface area (Å²) in [4.78, 5) is 6.93. The summed E-state index contributed by atoms with van der Waals surface area (Å²) in [5, 5.41) is 1.10. The highest BCUT2D eigenvalue weighted by Gasteiger charge is 2.20. The van der Waals surface area contributed by atoms with E-state index in [9.17, 15) is 0 Å². The summed E-state index contributed by atoms with van der Waals surface area (Å²) in [5.74, 6) is 1.71. The smallest absolute Gasteiger partial charge is 0.205 e. The van der Waals surface area contributed by atoms with Gasteiger partial charge in [-0.15, -0.1) is 0 Å². The van der Waals surface area contributed by atoms with Crippen molar-refractivity contribution in [1.82, 2.24) is 9.36 Å². The van der Waals surface area contributed by atoms with E-state index in [1.54, 1.807) is 0 Å². The van der Waals surface area contributed by atoms with Gasteiger partial charge in [0, 0.05) is 31.0 Å². The molecular weight excluding hydrogens is 220 g/mol. The first kappa shape index (κ1) is 11.8. The van der Waals surface area contributed by atoms with E-state index in [2.05, 4.69) is 21.2 Å². The molecule has 0 bridgehead atoms. The maximum atomic E-state index is 5.69. The molecule has 1 fully saturated rings. The highest BCUT2D eigenvalue weighted by molar-refractivity contribution is 7.09. The molecule has 0 unspecified atom stereocenters. The molecule has 0 spiro atoms. The molecule has 0 atom stereocenters. The second-order valence-corrected chi connectivity index (χ2v) is 5.14. The van der Waals surface area contributed by atoms with E-state index in [-0.39, 0.29) is 0 Å². The molecule has 0 aromatic carbocycles. The number of nitrogens with two attached hydrogens (primary N) is 1. The molecule has 2 N–H and O–H groups in total. The molecule has 1 aliphatic heterocycles. The van der Waals surface area contributed by atoms with Crippen LogP contribution in [0.15, 0.2) is 0 Å². The second kappa shape index (κ2) is 5.59. The average Bonchev–Trinajstić information content (AvgIpc) is 2.78. The van der Waals surface area contributed by atoms with Crippen molar-refractivity contribution >= 4 is 16.7 Å². The van der Waals surface area contributed by atoms with Crippen LogP contribution in [0.1, 0.15) is 32.0 Å². The number of nitrogens with zero attached hydrogens (tertiary/aromatic N) is 3. The van der Waals surface area contributed by atoms with E-state index < -0.39 is 0 Å². The van der Waals surface area contributed by atoms with E-state index in [0.29, 0.717) is 5.92 Å². The third-order valence-corrected chi connectivity index (χ3v) is 3.96. The van der Waals surface area contributed by atoms with Crippen LogP contribution in [0.3, 0.4) is 0 Å². The SMILES string of the molecule is CCCc1nsc(N2CCC(CN)CC2)n1. The molecule has 0 amide bonds. The molecule has 0 saturated carbocycles. The van der Waals surface area contributed by atoms with Crippen LogP contribution >= 0.6 is 11.5 Å². The normalized spacial score (nSPS) is 18.0. The van der Waals surface area contributed by atoms with Crippen LogP contribution < -0.4 is 10.6 Å². The van der Waals surface area contributed by atoms with Crippen molar-refractivity contribution in [2.24, 2.45) is 11.7 Å². The Hall–Kier alpha value is -0.680. The van der Waals surface area contributed by atoms with Gasteiger partial charge in [-0.05, 0) is 31.7 Å². The maximum Gasteiger partial charge on any atom is 0.205 e. The van der Waals surface area contributed by atoms with Crippen LogP contribution in [-0.2, 0) is 6.42 Å². The van der Waals surface area contributed by atoms with E-state index >= 15 is 0 Å². The topological polar surface area (TPSA) is 55.0 Å².